The lowest BCUT2D eigenvalue weighted by Gasteiger charge is -2.04. The third-order valence-electron chi connectivity index (χ3n) is 4.32. The maximum Gasteiger partial charge on any atom is 0.228 e. The monoisotopic (exact) mass is 359 g/mol. The molecule has 4 rings (SSSR count). The van der Waals surface area contributed by atoms with Crippen LogP contribution in [0.2, 0.25) is 0 Å². The van der Waals surface area contributed by atoms with E-state index in [1.54, 1.807) is 0 Å². The lowest BCUT2D eigenvalue weighted by molar-refractivity contribution is -0.116. The van der Waals surface area contributed by atoms with Crippen molar-refractivity contribution in [2.75, 3.05) is 5.32 Å². The molecule has 132 valence electrons. The molecule has 8 nitrogen and oxygen atoms in total. The molecule has 0 bridgehead atoms. The van der Waals surface area contributed by atoms with Gasteiger partial charge in [0, 0.05) is 18.4 Å². The van der Waals surface area contributed by atoms with Crippen molar-refractivity contribution in [3.8, 4) is 0 Å². The molecule has 0 spiro atoms. The molecule has 1 saturated carbocycles. The minimum absolute atomic E-state index is 0.0731. The number of carbonyl (C=O) groups is 1. The lowest BCUT2D eigenvalue weighted by atomic mass is 10.3. The van der Waals surface area contributed by atoms with Crippen LogP contribution in [0.25, 0.3) is 11.0 Å². The van der Waals surface area contributed by atoms with Crippen molar-refractivity contribution in [3.05, 3.63) is 16.9 Å². The van der Waals surface area contributed by atoms with Gasteiger partial charge in [0.1, 0.15) is 16.0 Å². The Hall–Kier alpha value is -2.29. The quantitative estimate of drug-likeness (QED) is 0.731. The number of anilines is 1. The number of amides is 1. The zero-order chi connectivity index (χ0) is 17.6. The molecule has 3 heterocycles. The summed E-state index contributed by atoms with van der Waals surface area (Å²) in [5.74, 6) is 0.483. The molecule has 1 N–H and O–H groups in total. The van der Waals surface area contributed by atoms with Crippen LogP contribution in [-0.4, -0.2) is 35.7 Å². The van der Waals surface area contributed by atoms with Crippen molar-refractivity contribution >= 4 is 33.4 Å². The number of hydrogen-bond donors (Lipinski definition) is 1. The highest BCUT2D eigenvalue weighted by molar-refractivity contribution is 7.15. The van der Waals surface area contributed by atoms with Crippen molar-refractivity contribution in [2.45, 2.75) is 58.5 Å². The number of carbonyl (C=O) groups excluding carboxylic acids is 1. The van der Waals surface area contributed by atoms with E-state index in [1.807, 2.05) is 22.5 Å². The fourth-order valence-corrected chi connectivity index (χ4v) is 3.84. The van der Waals surface area contributed by atoms with E-state index in [-0.39, 0.29) is 11.9 Å². The molecule has 0 unspecified atom stereocenters. The summed E-state index contributed by atoms with van der Waals surface area (Å²) < 4.78 is 3.82. The summed E-state index contributed by atoms with van der Waals surface area (Å²) in [6, 6.07) is 0.273. The van der Waals surface area contributed by atoms with Crippen LogP contribution in [0.4, 0.5) is 5.13 Å². The van der Waals surface area contributed by atoms with Crippen LogP contribution in [0.5, 0.6) is 0 Å². The van der Waals surface area contributed by atoms with E-state index in [2.05, 4.69) is 39.6 Å². The average Bonchev–Trinajstić information content (AvgIpc) is 3.02. The minimum atomic E-state index is -0.0731. The molecule has 0 aliphatic heterocycles. The summed E-state index contributed by atoms with van der Waals surface area (Å²) in [5, 5.41) is 21.6. The molecule has 25 heavy (non-hydrogen) atoms. The van der Waals surface area contributed by atoms with Crippen molar-refractivity contribution in [2.24, 2.45) is 0 Å². The van der Waals surface area contributed by atoms with Crippen LogP contribution in [0.3, 0.4) is 0 Å². The van der Waals surface area contributed by atoms with Gasteiger partial charge in [-0.1, -0.05) is 11.3 Å². The first kappa shape index (κ1) is 16.2. The Kier molecular flexibility index (Phi) is 4.03. The molecule has 1 amide bonds. The minimum Gasteiger partial charge on any atom is -0.300 e. The topological polar surface area (TPSA) is 90.5 Å². The molecule has 3 aromatic heterocycles. The van der Waals surface area contributed by atoms with Gasteiger partial charge in [0.2, 0.25) is 11.0 Å². The van der Waals surface area contributed by atoms with E-state index in [0.29, 0.717) is 24.0 Å². The van der Waals surface area contributed by atoms with Gasteiger partial charge in [0.05, 0.1) is 18.4 Å². The first-order valence-electron chi connectivity index (χ1n) is 8.57. The number of nitrogens with one attached hydrogen (secondary N) is 1. The number of hydrogen-bond acceptors (Lipinski definition) is 6. The van der Waals surface area contributed by atoms with Crippen molar-refractivity contribution in [1.29, 1.82) is 0 Å². The SMILES string of the molecule is Cc1nn(C(C)C)c2cnn(CCC(=O)Nc3nnc(C4CC4)s3)c12. The van der Waals surface area contributed by atoms with Gasteiger partial charge in [-0.3, -0.25) is 14.2 Å². The molecule has 0 aromatic carbocycles. The molecule has 0 radical (unpaired) electrons. The summed E-state index contributed by atoms with van der Waals surface area (Å²) in [7, 11) is 0. The molecule has 1 aliphatic rings. The third kappa shape index (κ3) is 3.15. The zero-order valence-electron chi connectivity index (χ0n) is 14.6. The molecule has 0 atom stereocenters. The van der Waals surface area contributed by atoms with Gasteiger partial charge in [0.15, 0.2) is 0 Å². The molecule has 0 saturated heterocycles. The van der Waals surface area contributed by atoms with Crippen LogP contribution in [0.1, 0.15) is 55.8 Å². The number of fused-ring (bicyclic) bond motifs is 1. The van der Waals surface area contributed by atoms with Gasteiger partial charge in [-0.15, -0.1) is 10.2 Å². The van der Waals surface area contributed by atoms with Gasteiger partial charge >= 0.3 is 0 Å². The van der Waals surface area contributed by atoms with Crippen molar-refractivity contribution in [3.63, 3.8) is 0 Å². The number of aromatic nitrogens is 6. The zero-order valence-corrected chi connectivity index (χ0v) is 15.4. The Bertz CT molecular complexity index is 918. The Morgan fingerprint density at radius 1 is 1.40 bits per heavy atom. The second kappa shape index (κ2) is 6.21. The lowest BCUT2D eigenvalue weighted by Crippen LogP contribution is -2.15. The van der Waals surface area contributed by atoms with E-state index in [1.165, 1.54) is 24.2 Å². The van der Waals surface area contributed by atoms with E-state index in [4.69, 9.17) is 0 Å². The summed E-state index contributed by atoms with van der Waals surface area (Å²) in [4.78, 5) is 12.2. The maximum absolute atomic E-state index is 12.2. The second-order valence-electron chi connectivity index (χ2n) is 6.74. The van der Waals surface area contributed by atoms with Gasteiger partial charge in [-0.05, 0) is 33.6 Å². The smallest absolute Gasteiger partial charge is 0.228 e. The Morgan fingerprint density at radius 3 is 2.92 bits per heavy atom. The molecular formula is C16H21N7OS. The van der Waals surface area contributed by atoms with E-state index < -0.39 is 0 Å². The molecular weight excluding hydrogens is 338 g/mol. The Labute approximate surface area is 149 Å². The Balaban J connectivity index is 1.42. The predicted octanol–water partition coefficient (Wildman–Crippen LogP) is 2.88. The fraction of sp³-hybridized carbons (Fsp3) is 0.562. The van der Waals surface area contributed by atoms with Crippen LogP contribution in [-0.2, 0) is 11.3 Å². The molecule has 9 heteroatoms. The first-order valence-corrected chi connectivity index (χ1v) is 9.38. The molecule has 3 aromatic rings. The number of aryl methyl sites for hydroxylation is 2. The van der Waals surface area contributed by atoms with Gasteiger partial charge < -0.3 is 5.32 Å². The normalized spacial score (nSPS) is 14.6. The maximum atomic E-state index is 12.2. The van der Waals surface area contributed by atoms with Crippen LogP contribution in [0.15, 0.2) is 6.20 Å². The highest BCUT2D eigenvalue weighted by Crippen LogP contribution is 2.42. The van der Waals surface area contributed by atoms with Crippen molar-refractivity contribution in [1.82, 2.24) is 29.8 Å². The van der Waals surface area contributed by atoms with E-state index in [9.17, 15) is 4.79 Å². The van der Waals surface area contributed by atoms with Gasteiger partial charge in [-0.25, -0.2) is 0 Å². The van der Waals surface area contributed by atoms with E-state index >= 15 is 0 Å². The molecule has 1 fully saturated rings. The third-order valence-corrected chi connectivity index (χ3v) is 5.32. The van der Waals surface area contributed by atoms with Crippen molar-refractivity contribution < 1.29 is 4.79 Å². The first-order chi connectivity index (χ1) is 12.0. The number of rotatable bonds is 6. The largest absolute Gasteiger partial charge is 0.300 e. The predicted molar refractivity (Wildman–Crippen MR) is 95.8 cm³/mol. The summed E-state index contributed by atoms with van der Waals surface area (Å²) in [6.07, 6.45) is 4.52. The fourth-order valence-electron chi connectivity index (χ4n) is 2.91. The highest BCUT2D eigenvalue weighted by atomic mass is 32.1. The Morgan fingerprint density at radius 2 is 2.20 bits per heavy atom. The molecule has 1 aliphatic carbocycles. The van der Waals surface area contributed by atoms with Crippen LogP contribution >= 0.6 is 11.3 Å². The summed E-state index contributed by atoms with van der Waals surface area (Å²) in [5.41, 5.74) is 2.93. The summed E-state index contributed by atoms with van der Waals surface area (Å²) >= 11 is 1.48. The van der Waals surface area contributed by atoms with Gasteiger partial charge in [0.25, 0.3) is 0 Å². The number of nitrogens with zero attached hydrogens (tertiary/aromatic N) is 6. The van der Waals surface area contributed by atoms with Crippen LogP contribution in [0, 0.1) is 6.92 Å². The average molecular weight is 359 g/mol. The van der Waals surface area contributed by atoms with Gasteiger partial charge in [-0.2, -0.15) is 10.2 Å². The highest BCUT2D eigenvalue weighted by Gasteiger charge is 2.27. The standard InChI is InChI=1S/C16H21N7OS/c1-9(2)23-12-8-17-22(14(12)10(3)21-23)7-6-13(24)18-16-20-19-15(25-16)11-4-5-11/h8-9,11H,4-7H2,1-3H3,(H,18,20,24). The van der Waals surface area contributed by atoms with E-state index in [0.717, 1.165) is 21.7 Å². The summed E-state index contributed by atoms with van der Waals surface area (Å²) in [6.45, 7) is 6.66. The van der Waals surface area contributed by atoms with Crippen LogP contribution < -0.4 is 5.32 Å². The second-order valence-corrected chi connectivity index (χ2v) is 7.75.